The highest BCUT2D eigenvalue weighted by molar-refractivity contribution is 9.10. The van der Waals surface area contributed by atoms with E-state index in [4.69, 9.17) is 0 Å². The molecule has 4 heteroatoms. The van der Waals surface area contributed by atoms with Gasteiger partial charge in [0.2, 0.25) is 0 Å². The highest BCUT2D eigenvalue weighted by Gasteiger charge is 2.20. The van der Waals surface area contributed by atoms with Gasteiger partial charge in [-0.1, -0.05) is 0 Å². The van der Waals surface area contributed by atoms with Gasteiger partial charge in [0.1, 0.15) is 0 Å². The lowest BCUT2D eigenvalue weighted by atomic mass is 10.2. The first-order valence-corrected chi connectivity index (χ1v) is 7.59. The number of rotatable bonds is 3. The Morgan fingerprint density at radius 3 is 3.07 bits per heavy atom. The van der Waals surface area contributed by atoms with Crippen molar-refractivity contribution in [1.29, 1.82) is 0 Å². The highest BCUT2D eigenvalue weighted by Crippen LogP contribution is 2.25. The van der Waals surface area contributed by atoms with Crippen LogP contribution in [-0.4, -0.2) is 29.5 Å². The Morgan fingerprint density at radius 2 is 2.50 bits per heavy atom. The van der Waals surface area contributed by atoms with Crippen LogP contribution in [0.3, 0.4) is 0 Å². The predicted molar refractivity (Wildman–Crippen MR) is 69.2 cm³/mol. The molecule has 2 heterocycles. The van der Waals surface area contributed by atoms with Crippen molar-refractivity contribution in [2.75, 3.05) is 18.6 Å². The summed E-state index contributed by atoms with van der Waals surface area (Å²) in [7, 11) is 2.24. The summed E-state index contributed by atoms with van der Waals surface area (Å²) in [6.07, 6.45) is 1.35. The van der Waals surface area contributed by atoms with Crippen LogP contribution in [0.2, 0.25) is 0 Å². The normalized spacial score (nSPS) is 22.1. The molecular formula is C10H14BrNS2. The average molecular weight is 292 g/mol. The third-order valence-corrected chi connectivity index (χ3v) is 5.38. The van der Waals surface area contributed by atoms with Crippen molar-refractivity contribution < 1.29 is 0 Å². The van der Waals surface area contributed by atoms with Crippen LogP contribution >= 0.6 is 39.0 Å². The maximum absolute atomic E-state index is 3.49. The van der Waals surface area contributed by atoms with Gasteiger partial charge in [0.05, 0.1) is 0 Å². The summed E-state index contributed by atoms with van der Waals surface area (Å²) in [5.41, 5.74) is 0. The molecule has 0 saturated carbocycles. The Kier molecular flexibility index (Phi) is 3.93. The van der Waals surface area contributed by atoms with E-state index in [9.17, 15) is 0 Å². The molecule has 1 nitrogen and oxygen atoms in total. The summed E-state index contributed by atoms with van der Waals surface area (Å²) >= 11 is 7.41. The summed E-state index contributed by atoms with van der Waals surface area (Å²) in [5, 5.41) is 2.16. The summed E-state index contributed by atoms with van der Waals surface area (Å²) in [4.78, 5) is 3.94. The van der Waals surface area contributed by atoms with E-state index in [-0.39, 0.29) is 0 Å². The third-order valence-electron chi connectivity index (χ3n) is 2.56. The van der Waals surface area contributed by atoms with Crippen molar-refractivity contribution >= 4 is 39.0 Å². The zero-order valence-corrected chi connectivity index (χ0v) is 11.4. The second-order valence-electron chi connectivity index (χ2n) is 3.66. The van der Waals surface area contributed by atoms with Crippen molar-refractivity contribution in [3.63, 3.8) is 0 Å². The van der Waals surface area contributed by atoms with E-state index in [0.29, 0.717) is 0 Å². The van der Waals surface area contributed by atoms with Crippen LogP contribution in [-0.2, 0) is 6.54 Å². The topological polar surface area (TPSA) is 3.24 Å². The molecule has 0 spiro atoms. The predicted octanol–water partition coefficient (Wildman–Crippen LogP) is 3.45. The molecule has 0 radical (unpaired) electrons. The lowest BCUT2D eigenvalue weighted by Gasteiger charge is -2.22. The largest absolute Gasteiger partial charge is 0.297 e. The van der Waals surface area contributed by atoms with Crippen LogP contribution in [0.25, 0.3) is 0 Å². The van der Waals surface area contributed by atoms with E-state index in [1.807, 2.05) is 11.3 Å². The maximum atomic E-state index is 3.49. The SMILES string of the molecule is CN(Cc1cc(Br)cs1)C1CCSC1. The van der Waals surface area contributed by atoms with E-state index in [0.717, 1.165) is 12.6 Å². The molecule has 1 aliphatic heterocycles. The van der Waals surface area contributed by atoms with E-state index in [2.05, 4.69) is 51.1 Å². The molecule has 14 heavy (non-hydrogen) atoms. The standard InChI is InChI=1S/C10H14BrNS2/c1-12(9-2-3-13-7-9)5-10-4-8(11)6-14-10/h4,6,9H,2-3,5,7H2,1H3. The number of thiophene rings is 1. The van der Waals surface area contributed by atoms with Crippen molar-refractivity contribution in [3.05, 3.63) is 20.8 Å². The number of hydrogen-bond acceptors (Lipinski definition) is 3. The molecule has 1 aromatic rings. The lowest BCUT2D eigenvalue weighted by molar-refractivity contribution is 0.256. The molecule has 2 rings (SSSR count). The van der Waals surface area contributed by atoms with Gasteiger partial charge in [-0.05, 0) is 41.2 Å². The zero-order valence-electron chi connectivity index (χ0n) is 8.20. The minimum atomic E-state index is 0.792. The smallest absolute Gasteiger partial charge is 0.0328 e. The first-order chi connectivity index (χ1) is 6.75. The van der Waals surface area contributed by atoms with E-state index in [1.54, 1.807) is 0 Å². The van der Waals surface area contributed by atoms with Gasteiger partial charge in [-0.15, -0.1) is 11.3 Å². The Bertz CT molecular complexity index is 294. The molecule has 0 bridgehead atoms. The summed E-state index contributed by atoms with van der Waals surface area (Å²) in [6.45, 7) is 1.10. The Hall–Kier alpha value is 0.490. The number of nitrogens with zero attached hydrogens (tertiary/aromatic N) is 1. The van der Waals surface area contributed by atoms with Gasteiger partial charge < -0.3 is 0 Å². The third kappa shape index (κ3) is 2.75. The highest BCUT2D eigenvalue weighted by atomic mass is 79.9. The van der Waals surface area contributed by atoms with Gasteiger partial charge in [-0.25, -0.2) is 0 Å². The maximum Gasteiger partial charge on any atom is 0.0328 e. The van der Waals surface area contributed by atoms with Crippen LogP contribution < -0.4 is 0 Å². The average Bonchev–Trinajstić information content (AvgIpc) is 2.75. The summed E-state index contributed by atoms with van der Waals surface area (Å²) in [5.74, 6) is 2.65. The second-order valence-corrected chi connectivity index (χ2v) is 6.73. The second kappa shape index (κ2) is 5.01. The molecule has 1 aliphatic rings. The number of hydrogen-bond donors (Lipinski definition) is 0. The van der Waals surface area contributed by atoms with Crippen molar-refractivity contribution in [1.82, 2.24) is 4.90 Å². The lowest BCUT2D eigenvalue weighted by Crippen LogP contribution is -2.30. The molecule has 1 saturated heterocycles. The van der Waals surface area contributed by atoms with Crippen LogP contribution in [0.5, 0.6) is 0 Å². The van der Waals surface area contributed by atoms with Gasteiger partial charge in [-0.3, -0.25) is 4.90 Å². The Labute approximate surface area is 102 Å². The van der Waals surface area contributed by atoms with Gasteiger partial charge in [0, 0.05) is 33.1 Å². The molecule has 1 unspecified atom stereocenters. The Morgan fingerprint density at radius 1 is 1.64 bits per heavy atom. The van der Waals surface area contributed by atoms with Crippen molar-refractivity contribution in [2.24, 2.45) is 0 Å². The molecule has 1 aromatic heterocycles. The number of halogens is 1. The van der Waals surface area contributed by atoms with Gasteiger partial charge >= 0.3 is 0 Å². The van der Waals surface area contributed by atoms with Crippen molar-refractivity contribution in [3.8, 4) is 0 Å². The monoisotopic (exact) mass is 291 g/mol. The fraction of sp³-hybridized carbons (Fsp3) is 0.600. The minimum Gasteiger partial charge on any atom is -0.297 e. The molecule has 1 fully saturated rings. The van der Waals surface area contributed by atoms with E-state index >= 15 is 0 Å². The minimum absolute atomic E-state index is 0.792. The first-order valence-electron chi connectivity index (χ1n) is 4.76. The Balaban J connectivity index is 1.90. The molecule has 0 aliphatic carbocycles. The fourth-order valence-corrected chi connectivity index (χ4v) is 4.49. The quantitative estimate of drug-likeness (QED) is 0.839. The number of thioether (sulfide) groups is 1. The molecule has 1 atom stereocenters. The van der Waals surface area contributed by atoms with Gasteiger partial charge in [0.25, 0.3) is 0 Å². The molecule has 78 valence electrons. The van der Waals surface area contributed by atoms with Gasteiger partial charge in [-0.2, -0.15) is 11.8 Å². The van der Waals surface area contributed by atoms with Crippen LogP contribution in [0, 0.1) is 0 Å². The molecule has 0 amide bonds. The fourth-order valence-electron chi connectivity index (χ4n) is 1.68. The van der Waals surface area contributed by atoms with Crippen LogP contribution in [0.1, 0.15) is 11.3 Å². The van der Waals surface area contributed by atoms with Crippen LogP contribution in [0.4, 0.5) is 0 Å². The molecule has 0 N–H and O–H groups in total. The van der Waals surface area contributed by atoms with Crippen molar-refractivity contribution in [2.45, 2.75) is 19.0 Å². The van der Waals surface area contributed by atoms with E-state index in [1.165, 1.54) is 27.3 Å². The summed E-state index contributed by atoms with van der Waals surface area (Å²) < 4.78 is 1.21. The molecular weight excluding hydrogens is 278 g/mol. The summed E-state index contributed by atoms with van der Waals surface area (Å²) in [6, 6.07) is 3.02. The van der Waals surface area contributed by atoms with E-state index < -0.39 is 0 Å². The van der Waals surface area contributed by atoms with Gasteiger partial charge in [0.15, 0.2) is 0 Å². The molecule has 0 aromatic carbocycles. The zero-order chi connectivity index (χ0) is 9.97. The first kappa shape index (κ1) is 11.0. The van der Waals surface area contributed by atoms with Crippen LogP contribution in [0.15, 0.2) is 15.9 Å².